The third kappa shape index (κ3) is 4.54. The summed E-state index contributed by atoms with van der Waals surface area (Å²) in [6.07, 6.45) is 4.00. The normalized spacial score (nSPS) is 11.7. The van der Waals surface area contributed by atoms with Gasteiger partial charge in [0.15, 0.2) is 0 Å². The summed E-state index contributed by atoms with van der Waals surface area (Å²) in [5, 5.41) is 19.7. The van der Waals surface area contributed by atoms with Gasteiger partial charge >= 0.3 is 0 Å². The molecule has 9 aromatic rings. The first-order valence-electron chi connectivity index (χ1n) is 15.7. The minimum atomic E-state index is 0.695. The van der Waals surface area contributed by atoms with Crippen LogP contribution in [-0.2, 0) is 13.1 Å². The maximum Gasteiger partial charge on any atom is 0.0935 e. The van der Waals surface area contributed by atoms with Crippen molar-refractivity contribution in [3.8, 4) is 22.5 Å². The Morgan fingerprint density at radius 3 is 1.48 bits per heavy atom. The van der Waals surface area contributed by atoms with Crippen molar-refractivity contribution in [2.45, 2.75) is 13.1 Å². The standard InChI is InChI=1S/C42H30N4/c1-5-13-35-31(9-1)25-32-10-2-6-14-36(32)41(35)39-22-24-45(44-39)27-29-17-19-30(20-18-29)28-46-40(21-23-43-46)42-37-15-7-3-11-33(37)26-34-12-4-8-16-38(34)42/h1-26H,27-28H2. The highest BCUT2D eigenvalue weighted by Gasteiger charge is 2.15. The number of nitrogens with zero attached hydrogens (tertiary/aromatic N) is 4. The van der Waals surface area contributed by atoms with Crippen LogP contribution in [0.3, 0.4) is 0 Å². The monoisotopic (exact) mass is 590 g/mol. The lowest BCUT2D eigenvalue weighted by Gasteiger charge is -2.14. The van der Waals surface area contributed by atoms with Gasteiger partial charge in [0.25, 0.3) is 0 Å². The Labute approximate surface area is 266 Å². The van der Waals surface area contributed by atoms with E-state index in [-0.39, 0.29) is 0 Å². The number of fused-ring (bicyclic) bond motifs is 4. The molecule has 0 saturated heterocycles. The van der Waals surface area contributed by atoms with E-state index < -0.39 is 0 Å². The van der Waals surface area contributed by atoms with E-state index in [1.807, 2.05) is 10.9 Å². The van der Waals surface area contributed by atoms with Crippen LogP contribution in [0.15, 0.2) is 158 Å². The molecule has 0 spiro atoms. The predicted molar refractivity (Wildman–Crippen MR) is 190 cm³/mol. The number of rotatable bonds is 6. The van der Waals surface area contributed by atoms with Crippen LogP contribution in [0, 0.1) is 0 Å². The molecule has 218 valence electrons. The Kier molecular flexibility index (Phi) is 6.24. The molecule has 0 radical (unpaired) electrons. The van der Waals surface area contributed by atoms with E-state index in [1.54, 1.807) is 0 Å². The van der Waals surface area contributed by atoms with Crippen molar-refractivity contribution < 1.29 is 0 Å². The van der Waals surface area contributed by atoms with Gasteiger partial charge in [-0.15, -0.1) is 0 Å². The second-order valence-corrected chi connectivity index (χ2v) is 12.0. The van der Waals surface area contributed by atoms with E-state index in [0.29, 0.717) is 13.1 Å². The maximum absolute atomic E-state index is 5.06. The van der Waals surface area contributed by atoms with Crippen molar-refractivity contribution in [3.05, 3.63) is 169 Å². The van der Waals surface area contributed by atoms with Gasteiger partial charge in [0.05, 0.1) is 24.5 Å². The highest BCUT2D eigenvalue weighted by molar-refractivity contribution is 6.13. The molecule has 2 aromatic heterocycles. The minimum Gasteiger partial charge on any atom is -0.268 e. The summed E-state index contributed by atoms with van der Waals surface area (Å²) >= 11 is 0. The van der Waals surface area contributed by atoms with Crippen LogP contribution < -0.4 is 0 Å². The lowest BCUT2D eigenvalue weighted by molar-refractivity contribution is 0.684. The Hall–Kier alpha value is -6.00. The molecule has 0 unspecified atom stereocenters. The zero-order valence-corrected chi connectivity index (χ0v) is 25.2. The van der Waals surface area contributed by atoms with Crippen LogP contribution in [0.1, 0.15) is 11.1 Å². The number of hydrogen-bond acceptors (Lipinski definition) is 2. The molecule has 0 amide bonds. The van der Waals surface area contributed by atoms with Gasteiger partial charge < -0.3 is 0 Å². The number of aromatic nitrogens is 4. The van der Waals surface area contributed by atoms with Gasteiger partial charge in [0, 0.05) is 23.5 Å². The summed E-state index contributed by atoms with van der Waals surface area (Å²) in [5.41, 5.74) is 6.97. The maximum atomic E-state index is 5.06. The molecule has 46 heavy (non-hydrogen) atoms. The van der Waals surface area contributed by atoms with Crippen LogP contribution in [0.2, 0.25) is 0 Å². The van der Waals surface area contributed by atoms with E-state index in [1.165, 1.54) is 65.3 Å². The summed E-state index contributed by atoms with van der Waals surface area (Å²) in [6.45, 7) is 1.40. The second kappa shape index (κ2) is 10.9. The highest BCUT2D eigenvalue weighted by atomic mass is 15.3. The van der Waals surface area contributed by atoms with Crippen LogP contribution >= 0.6 is 0 Å². The molecule has 4 heteroatoms. The zero-order chi connectivity index (χ0) is 30.5. The topological polar surface area (TPSA) is 35.6 Å². The number of hydrogen-bond donors (Lipinski definition) is 0. The SMILES string of the molecule is c1ccc2c(-c3ccn(Cc4ccc(Cn5nccc5-c5c6ccccc6cc6ccccc56)cc4)n3)c3ccccc3cc2c1. The number of benzene rings is 7. The molecule has 0 saturated carbocycles. The first-order valence-corrected chi connectivity index (χ1v) is 15.7. The fourth-order valence-electron chi connectivity index (χ4n) is 6.94. The molecule has 0 N–H and O–H groups in total. The van der Waals surface area contributed by atoms with E-state index in [0.717, 1.165) is 11.4 Å². The van der Waals surface area contributed by atoms with Crippen LogP contribution in [0.4, 0.5) is 0 Å². The van der Waals surface area contributed by atoms with Crippen molar-refractivity contribution in [1.82, 2.24) is 19.6 Å². The van der Waals surface area contributed by atoms with Crippen molar-refractivity contribution >= 4 is 43.1 Å². The molecule has 9 rings (SSSR count). The molecular formula is C42H30N4. The molecule has 0 aliphatic carbocycles. The van der Waals surface area contributed by atoms with Crippen molar-refractivity contribution in [1.29, 1.82) is 0 Å². The summed E-state index contributed by atoms with van der Waals surface area (Å²) in [4.78, 5) is 0. The van der Waals surface area contributed by atoms with Crippen molar-refractivity contribution in [2.24, 2.45) is 0 Å². The molecule has 2 heterocycles. The highest BCUT2D eigenvalue weighted by Crippen LogP contribution is 2.37. The van der Waals surface area contributed by atoms with Gasteiger partial charge in [-0.3, -0.25) is 9.36 Å². The van der Waals surface area contributed by atoms with E-state index in [9.17, 15) is 0 Å². The molecule has 7 aromatic carbocycles. The van der Waals surface area contributed by atoms with E-state index >= 15 is 0 Å². The summed E-state index contributed by atoms with van der Waals surface area (Å²) in [7, 11) is 0. The van der Waals surface area contributed by atoms with Gasteiger partial charge in [-0.05, 0) is 78.5 Å². The molecule has 4 nitrogen and oxygen atoms in total. The second-order valence-electron chi connectivity index (χ2n) is 12.0. The third-order valence-corrected chi connectivity index (χ3v) is 9.11. The van der Waals surface area contributed by atoms with E-state index in [4.69, 9.17) is 10.2 Å². The molecule has 0 aliphatic rings. The van der Waals surface area contributed by atoms with Gasteiger partial charge in [-0.25, -0.2) is 0 Å². The zero-order valence-electron chi connectivity index (χ0n) is 25.2. The van der Waals surface area contributed by atoms with Gasteiger partial charge in [-0.2, -0.15) is 10.2 Å². The Morgan fingerprint density at radius 1 is 0.457 bits per heavy atom. The fraction of sp³-hybridized carbons (Fsp3) is 0.0476. The molecular weight excluding hydrogens is 560 g/mol. The van der Waals surface area contributed by atoms with Gasteiger partial charge in [0.2, 0.25) is 0 Å². The smallest absolute Gasteiger partial charge is 0.0935 e. The predicted octanol–water partition coefficient (Wildman–Crippen LogP) is 10.1. The Balaban J connectivity index is 1.00. The molecule has 0 atom stereocenters. The van der Waals surface area contributed by atoms with Gasteiger partial charge in [0.1, 0.15) is 0 Å². The first-order chi connectivity index (χ1) is 22.8. The Morgan fingerprint density at radius 2 is 0.935 bits per heavy atom. The Bertz CT molecular complexity index is 2430. The lowest BCUT2D eigenvalue weighted by atomic mass is 9.95. The fourth-order valence-corrected chi connectivity index (χ4v) is 6.94. The largest absolute Gasteiger partial charge is 0.268 e. The van der Waals surface area contributed by atoms with Crippen molar-refractivity contribution in [3.63, 3.8) is 0 Å². The third-order valence-electron chi connectivity index (χ3n) is 9.11. The average Bonchev–Trinajstić information content (AvgIpc) is 3.76. The average molecular weight is 591 g/mol. The first kappa shape index (κ1) is 26.4. The molecule has 0 aliphatic heterocycles. The quantitative estimate of drug-likeness (QED) is 0.181. The summed E-state index contributed by atoms with van der Waals surface area (Å²) in [5.74, 6) is 0. The van der Waals surface area contributed by atoms with E-state index in [2.05, 4.69) is 156 Å². The lowest BCUT2D eigenvalue weighted by Crippen LogP contribution is -2.05. The van der Waals surface area contributed by atoms with Crippen molar-refractivity contribution in [2.75, 3.05) is 0 Å². The molecule has 0 fully saturated rings. The summed E-state index contributed by atoms with van der Waals surface area (Å²) in [6, 6.07) is 52.1. The molecule has 0 bridgehead atoms. The minimum absolute atomic E-state index is 0.695. The van der Waals surface area contributed by atoms with Gasteiger partial charge in [-0.1, -0.05) is 121 Å². The van der Waals surface area contributed by atoms with Crippen LogP contribution in [-0.4, -0.2) is 19.6 Å². The van der Waals surface area contributed by atoms with Crippen LogP contribution in [0.25, 0.3) is 65.6 Å². The van der Waals surface area contributed by atoms with Crippen LogP contribution in [0.5, 0.6) is 0 Å². The summed E-state index contributed by atoms with van der Waals surface area (Å²) < 4.78 is 4.16.